The van der Waals surface area contributed by atoms with Crippen LogP contribution in [0.5, 0.6) is 5.75 Å². The minimum Gasteiger partial charge on any atom is -0.496 e. The summed E-state index contributed by atoms with van der Waals surface area (Å²) in [7, 11) is 1.56. The van der Waals surface area contributed by atoms with Crippen molar-refractivity contribution < 1.29 is 23.8 Å². The number of anilines is 1. The summed E-state index contributed by atoms with van der Waals surface area (Å²) >= 11 is 0. The third-order valence-electron chi connectivity index (χ3n) is 4.48. The van der Waals surface area contributed by atoms with E-state index in [1.807, 2.05) is 31.2 Å². The number of carbonyl (C=O) groups excluding carboxylic acids is 2. The highest BCUT2D eigenvalue weighted by atomic mass is 16.5. The van der Waals surface area contributed by atoms with Crippen LogP contribution < -0.4 is 10.1 Å². The van der Waals surface area contributed by atoms with E-state index in [9.17, 15) is 9.59 Å². The second-order valence-corrected chi connectivity index (χ2v) is 6.98. The molecule has 1 atom stereocenters. The molecule has 0 aromatic heterocycles. The number of hydrogen-bond acceptors (Lipinski definition) is 5. The van der Waals surface area contributed by atoms with Crippen molar-refractivity contribution in [3.05, 3.63) is 59.2 Å². The van der Waals surface area contributed by atoms with Gasteiger partial charge in [0.05, 0.1) is 19.3 Å². The van der Waals surface area contributed by atoms with E-state index in [1.54, 1.807) is 32.2 Å². The number of benzene rings is 2. The number of esters is 1. The number of ether oxygens (including phenoxy) is 3. The average Bonchev–Trinajstić information content (AvgIpc) is 2.72. The van der Waals surface area contributed by atoms with Crippen LogP contribution in [0.15, 0.2) is 42.5 Å². The van der Waals surface area contributed by atoms with E-state index in [4.69, 9.17) is 14.2 Å². The van der Waals surface area contributed by atoms with Crippen molar-refractivity contribution >= 4 is 17.6 Å². The Labute approximate surface area is 172 Å². The Bertz CT molecular complexity index is 830. The molecule has 0 bridgehead atoms. The van der Waals surface area contributed by atoms with E-state index in [0.717, 1.165) is 5.56 Å². The van der Waals surface area contributed by atoms with Gasteiger partial charge in [-0.05, 0) is 55.7 Å². The minimum atomic E-state index is -0.940. The average molecular weight is 399 g/mol. The van der Waals surface area contributed by atoms with Crippen molar-refractivity contribution in [1.29, 1.82) is 0 Å². The molecule has 0 aliphatic heterocycles. The lowest BCUT2D eigenvalue weighted by Crippen LogP contribution is -2.30. The molecule has 0 saturated carbocycles. The number of nitrogens with one attached hydrogen (secondary N) is 1. The van der Waals surface area contributed by atoms with Crippen LogP contribution in [0.4, 0.5) is 5.69 Å². The number of carbonyl (C=O) groups is 2. The van der Waals surface area contributed by atoms with Gasteiger partial charge < -0.3 is 19.5 Å². The molecule has 0 spiro atoms. The summed E-state index contributed by atoms with van der Waals surface area (Å²) in [6, 6.07) is 12.6. The normalized spacial score (nSPS) is 11.8. The van der Waals surface area contributed by atoms with Crippen LogP contribution >= 0.6 is 0 Å². The Morgan fingerprint density at radius 2 is 1.72 bits per heavy atom. The molecule has 2 aromatic rings. The molecular weight excluding hydrogens is 370 g/mol. The Balaban J connectivity index is 2.01. The molecule has 0 saturated heterocycles. The number of methoxy groups -OCH3 is 1. The van der Waals surface area contributed by atoms with E-state index in [-0.39, 0.29) is 0 Å². The molecular formula is C23H29NO5. The van der Waals surface area contributed by atoms with Crippen LogP contribution in [0.3, 0.4) is 0 Å². The molecule has 0 aliphatic rings. The van der Waals surface area contributed by atoms with Gasteiger partial charge >= 0.3 is 5.97 Å². The van der Waals surface area contributed by atoms with Gasteiger partial charge in [-0.3, -0.25) is 4.79 Å². The third kappa shape index (κ3) is 6.32. The van der Waals surface area contributed by atoms with Crippen LogP contribution in [0.1, 0.15) is 55.1 Å². The van der Waals surface area contributed by atoms with Gasteiger partial charge in [0, 0.05) is 17.9 Å². The first-order valence-corrected chi connectivity index (χ1v) is 9.72. The maximum atomic E-state index is 12.5. The monoisotopic (exact) mass is 399 g/mol. The van der Waals surface area contributed by atoms with Crippen LogP contribution in [-0.4, -0.2) is 31.7 Å². The summed E-state index contributed by atoms with van der Waals surface area (Å²) in [5, 5.41) is 2.77. The summed E-state index contributed by atoms with van der Waals surface area (Å²) in [5.74, 6) is 0.0734. The van der Waals surface area contributed by atoms with Crippen molar-refractivity contribution in [3.8, 4) is 5.75 Å². The second kappa shape index (κ2) is 10.6. The van der Waals surface area contributed by atoms with Crippen molar-refractivity contribution in [1.82, 2.24) is 0 Å². The zero-order chi connectivity index (χ0) is 21.4. The smallest absolute Gasteiger partial charge is 0.338 e. The Hall–Kier alpha value is -2.86. The van der Waals surface area contributed by atoms with E-state index in [0.29, 0.717) is 36.1 Å². The van der Waals surface area contributed by atoms with Crippen molar-refractivity contribution in [2.45, 2.75) is 46.3 Å². The minimum absolute atomic E-state index is 0.323. The van der Waals surface area contributed by atoms with E-state index < -0.39 is 18.0 Å². The maximum Gasteiger partial charge on any atom is 0.338 e. The van der Waals surface area contributed by atoms with Crippen LogP contribution in [0, 0.1) is 0 Å². The van der Waals surface area contributed by atoms with Crippen molar-refractivity contribution in [2.24, 2.45) is 0 Å². The highest BCUT2D eigenvalue weighted by Crippen LogP contribution is 2.22. The zero-order valence-electron chi connectivity index (χ0n) is 17.7. The molecule has 1 amide bonds. The molecule has 156 valence electrons. The molecule has 0 fully saturated rings. The zero-order valence-corrected chi connectivity index (χ0v) is 17.7. The fourth-order valence-electron chi connectivity index (χ4n) is 2.71. The predicted molar refractivity (Wildman–Crippen MR) is 112 cm³/mol. The number of amides is 1. The van der Waals surface area contributed by atoms with Gasteiger partial charge in [0.25, 0.3) is 5.91 Å². The molecule has 0 radical (unpaired) electrons. The first-order chi connectivity index (χ1) is 13.8. The largest absolute Gasteiger partial charge is 0.496 e. The molecule has 29 heavy (non-hydrogen) atoms. The first-order valence-electron chi connectivity index (χ1n) is 9.72. The second-order valence-electron chi connectivity index (χ2n) is 6.98. The van der Waals surface area contributed by atoms with Crippen LogP contribution in [0.25, 0.3) is 0 Å². The summed E-state index contributed by atoms with van der Waals surface area (Å²) in [6.07, 6.45) is -0.940. The van der Waals surface area contributed by atoms with Gasteiger partial charge in [-0.15, -0.1) is 0 Å². The molecule has 0 aliphatic carbocycles. The third-order valence-corrected chi connectivity index (χ3v) is 4.48. The molecule has 0 heterocycles. The van der Waals surface area contributed by atoms with Gasteiger partial charge in [-0.2, -0.15) is 0 Å². The molecule has 2 aromatic carbocycles. The Kier molecular flexibility index (Phi) is 8.21. The fraction of sp³-hybridized carbons (Fsp3) is 0.391. The molecule has 6 nitrogen and oxygen atoms in total. The molecule has 2 rings (SSSR count). The summed E-state index contributed by atoms with van der Waals surface area (Å²) < 4.78 is 16.0. The Morgan fingerprint density at radius 1 is 1.03 bits per heavy atom. The molecule has 0 unspecified atom stereocenters. The van der Waals surface area contributed by atoms with Gasteiger partial charge in [-0.1, -0.05) is 26.0 Å². The standard InChI is InChI=1S/C23H29NO5/c1-6-28-14-19-13-18(9-12-21(19)27-5)23(26)29-16(4)22(25)24-20-10-7-17(8-11-20)15(2)3/h7-13,15-16H,6,14H2,1-5H3,(H,24,25)/t16-/m0/s1. The van der Waals surface area contributed by atoms with Gasteiger partial charge in [-0.25, -0.2) is 4.79 Å². The lowest BCUT2D eigenvalue weighted by Gasteiger charge is -2.15. The van der Waals surface area contributed by atoms with Gasteiger partial charge in [0.2, 0.25) is 0 Å². The van der Waals surface area contributed by atoms with Crippen molar-refractivity contribution in [2.75, 3.05) is 19.0 Å². The predicted octanol–water partition coefficient (Wildman–Crippen LogP) is 4.54. The summed E-state index contributed by atoms with van der Waals surface area (Å²) in [4.78, 5) is 24.9. The highest BCUT2D eigenvalue weighted by molar-refractivity contribution is 5.97. The van der Waals surface area contributed by atoms with Crippen molar-refractivity contribution in [3.63, 3.8) is 0 Å². The van der Waals surface area contributed by atoms with Crippen LogP contribution in [0.2, 0.25) is 0 Å². The topological polar surface area (TPSA) is 73.9 Å². The number of rotatable bonds is 9. The molecule has 1 N–H and O–H groups in total. The fourth-order valence-corrected chi connectivity index (χ4v) is 2.71. The lowest BCUT2D eigenvalue weighted by atomic mass is 10.0. The summed E-state index contributed by atoms with van der Waals surface area (Å²) in [6.45, 7) is 8.51. The summed E-state index contributed by atoms with van der Waals surface area (Å²) in [5.41, 5.74) is 2.92. The van der Waals surface area contributed by atoms with E-state index >= 15 is 0 Å². The lowest BCUT2D eigenvalue weighted by molar-refractivity contribution is -0.123. The Morgan fingerprint density at radius 3 is 2.31 bits per heavy atom. The first kappa shape index (κ1) is 22.4. The van der Waals surface area contributed by atoms with E-state index in [1.165, 1.54) is 5.56 Å². The quantitative estimate of drug-likeness (QED) is 0.627. The van der Waals surface area contributed by atoms with Crippen LogP contribution in [-0.2, 0) is 20.9 Å². The molecule has 6 heteroatoms. The number of hydrogen-bond donors (Lipinski definition) is 1. The highest BCUT2D eigenvalue weighted by Gasteiger charge is 2.20. The van der Waals surface area contributed by atoms with Gasteiger partial charge in [0.1, 0.15) is 5.75 Å². The SMILES string of the molecule is CCOCc1cc(C(=O)O[C@@H](C)C(=O)Nc2ccc(C(C)C)cc2)ccc1OC. The maximum absolute atomic E-state index is 12.5. The van der Waals surface area contributed by atoms with E-state index in [2.05, 4.69) is 19.2 Å². The van der Waals surface area contributed by atoms with Gasteiger partial charge in [0.15, 0.2) is 6.10 Å².